The van der Waals surface area contributed by atoms with Gasteiger partial charge in [-0.15, -0.1) is 0 Å². The van der Waals surface area contributed by atoms with Crippen molar-refractivity contribution in [2.75, 3.05) is 13.2 Å². The van der Waals surface area contributed by atoms with Gasteiger partial charge in [0.15, 0.2) is 0 Å². The molecule has 0 bridgehead atoms. The van der Waals surface area contributed by atoms with E-state index in [4.69, 9.17) is 14.9 Å². The van der Waals surface area contributed by atoms with E-state index in [0.717, 1.165) is 0 Å². The Hall–Kier alpha value is -0.190. The molecule has 4 atom stereocenters. The molecule has 0 radical (unpaired) electrons. The summed E-state index contributed by atoms with van der Waals surface area (Å²) in [5.74, 6) is -0.284. The van der Waals surface area contributed by atoms with E-state index in [2.05, 4.69) is 0 Å². The van der Waals surface area contributed by atoms with Crippen LogP contribution in [0.4, 0.5) is 4.39 Å². The second-order valence-electron chi connectivity index (χ2n) is 2.97. The largest absolute Gasteiger partial charge is 0.394 e. The van der Waals surface area contributed by atoms with Gasteiger partial charge in [-0.05, 0) is 0 Å². The van der Waals surface area contributed by atoms with Crippen LogP contribution in [0.3, 0.4) is 0 Å². The molecule has 0 unspecified atom stereocenters. The van der Waals surface area contributed by atoms with Crippen LogP contribution in [0.5, 0.6) is 0 Å². The summed E-state index contributed by atoms with van der Waals surface area (Å²) in [6.45, 7) is 1.61. The van der Waals surface area contributed by atoms with Crippen molar-refractivity contribution in [3.8, 4) is 0 Å². The average molecular weight is 164 g/mol. The van der Waals surface area contributed by atoms with Crippen molar-refractivity contribution in [1.29, 1.82) is 0 Å². The van der Waals surface area contributed by atoms with Crippen LogP contribution in [0, 0.1) is 5.92 Å². The predicted molar refractivity (Wildman–Crippen MR) is 36.9 cm³/mol. The van der Waals surface area contributed by atoms with Crippen LogP contribution in [-0.2, 0) is 4.74 Å². The molecular weight excluding hydrogens is 151 g/mol. The Labute approximate surface area is 64.8 Å². The first kappa shape index (κ1) is 8.90. The van der Waals surface area contributed by atoms with Crippen LogP contribution in [0.2, 0.25) is 0 Å². The minimum Gasteiger partial charge on any atom is -0.394 e. The molecule has 1 rings (SSSR count). The third-order valence-corrected chi connectivity index (χ3v) is 2.00. The summed E-state index contributed by atoms with van der Waals surface area (Å²) >= 11 is 0. The van der Waals surface area contributed by atoms with Gasteiger partial charge in [-0.25, -0.2) is 4.39 Å². The Balaban J connectivity index is 2.52. The van der Waals surface area contributed by atoms with E-state index < -0.39 is 18.4 Å². The molecule has 1 aliphatic heterocycles. The molecule has 3 nitrogen and oxygen atoms in total. The molecule has 0 spiro atoms. The second-order valence-corrected chi connectivity index (χ2v) is 2.97. The summed E-state index contributed by atoms with van der Waals surface area (Å²) in [7, 11) is 0. The number of aliphatic hydroxyl groups excluding tert-OH is 2. The minimum absolute atomic E-state index is 0.267. The molecule has 1 aliphatic rings. The van der Waals surface area contributed by atoms with Crippen molar-refractivity contribution in [1.82, 2.24) is 0 Å². The molecule has 0 aromatic heterocycles. The maximum atomic E-state index is 13.0. The van der Waals surface area contributed by atoms with Crippen molar-refractivity contribution in [2.45, 2.75) is 25.3 Å². The highest BCUT2D eigenvalue weighted by molar-refractivity contribution is 4.84. The number of aliphatic hydroxyl groups is 2. The van der Waals surface area contributed by atoms with Gasteiger partial charge in [0.1, 0.15) is 18.4 Å². The zero-order chi connectivity index (χ0) is 8.43. The van der Waals surface area contributed by atoms with E-state index >= 15 is 0 Å². The van der Waals surface area contributed by atoms with E-state index in [0.29, 0.717) is 0 Å². The number of halogens is 1. The third-order valence-electron chi connectivity index (χ3n) is 2.00. The predicted octanol–water partition coefficient (Wildman–Crippen LogP) is -0.287. The van der Waals surface area contributed by atoms with Crippen LogP contribution in [0.1, 0.15) is 6.92 Å². The van der Waals surface area contributed by atoms with Crippen LogP contribution < -0.4 is 0 Å². The molecule has 0 aromatic carbocycles. The fourth-order valence-electron chi connectivity index (χ4n) is 1.17. The standard InChI is InChI=1S/C7H13FO3/c1-4-3-11-5(2-9)7(10)6(4)8/h4-7,9-10H,2-3H2,1H3/t4-,5-,6+,7-/m1/s1. The quantitative estimate of drug-likeness (QED) is 0.560. The molecule has 1 heterocycles. The highest BCUT2D eigenvalue weighted by atomic mass is 19.1. The number of rotatable bonds is 1. The van der Waals surface area contributed by atoms with Gasteiger partial charge in [-0.2, -0.15) is 0 Å². The van der Waals surface area contributed by atoms with Crippen molar-refractivity contribution in [2.24, 2.45) is 5.92 Å². The monoisotopic (exact) mass is 164 g/mol. The summed E-state index contributed by atoms with van der Waals surface area (Å²) in [6, 6.07) is 0. The normalized spacial score (nSPS) is 45.8. The third kappa shape index (κ3) is 1.69. The van der Waals surface area contributed by atoms with Crippen LogP contribution in [-0.4, -0.2) is 41.8 Å². The fourth-order valence-corrected chi connectivity index (χ4v) is 1.17. The van der Waals surface area contributed by atoms with E-state index in [-0.39, 0.29) is 19.1 Å². The topological polar surface area (TPSA) is 49.7 Å². The van der Waals surface area contributed by atoms with E-state index in [9.17, 15) is 4.39 Å². The first-order chi connectivity index (χ1) is 5.16. The van der Waals surface area contributed by atoms with Crippen molar-refractivity contribution in [3.05, 3.63) is 0 Å². The van der Waals surface area contributed by atoms with Crippen molar-refractivity contribution in [3.63, 3.8) is 0 Å². The zero-order valence-electron chi connectivity index (χ0n) is 6.40. The minimum atomic E-state index is -1.28. The van der Waals surface area contributed by atoms with Gasteiger partial charge in [0.05, 0.1) is 13.2 Å². The second kappa shape index (κ2) is 3.47. The molecule has 0 aromatic rings. The highest BCUT2D eigenvalue weighted by Gasteiger charge is 2.36. The molecule has 2 N–H and O–H groups in total. The molecule has 0 aliphatic carbocycles. The Morgan fingerprint density at radius 1 is 1.64 bits per heavy atom. The van der Waals surface area contributed by atoms with Crippen molar-refractivity contribution < 1.29 is 19.3 Å². The maximum Gasteiger partial charge on any atom is 0.133 e. The molecule has 0 amide bonds. The Morgan fingerprint density at radius 3 is 2.82 bits per heavy atom. The van der Waals surface area contributed by atoms with Crippen LogP contribution in [0.15, 0.2) is 0 Å². The van der Waals surface area contributed by atoms with E-state index in [1.807, 2.05) is 0 Å². The lowest BCUT2D eigenvalue weighted by Gasteiger charge is -2.33. The fraction of sp³-hybridized carbons (Fsp3) is 1.00. The molecule has 66 valence electrons. The summed E-state index contributed by atoms with van der Waals surface area (Å²) < 4.78 is 17.9. The first-order valence-electron chi connectivity index (χ1n) is 3.71. The maximum absolute atomic E-state index is 13.0. The van der Waals surface area contributed by atoms with Crippen LogP contribution >= 0.6 is 0 Å². The molecule has 1 fully saturated rings. The summed E-state index contributed by atoms with van der Waals surface area (Å²) in [6.07, 6.45) is -3.20. The lowest BCUT2D eigenvalue weighted by Crippen LogP contribution is -2.48. The van der Waals surface area contributed by atoms with Gasteiger partial charge in [0.2, 0.25) is 0 Å². The Morgan fingerprint density at radius 2 is 2.27 bits per heavy atom. The molecule has 11 heavy (non-hydrogen) atoms. The summed E-state index contributed by atoms with van der Waals surface area (Å²) in [4.78, 5) is 0. The number of hydrogen-bond acceptors (Lipinski definition) is 3. The lowest BCUT2D eigenvalue weighted by molar-refractivity contribution is -0.149. The lowest BCUT2D eigenvalue weighted by atomic mass is 9.95. The highest BCUT2D eigenvalue weighted by Crippen LogP contribution is 2.22. The summed E-state index contributed by atoms with van der Waals surface area (Å²) in [5.41, 5.74) is 0. The van der Waals surface area contributed by atoms with Crippen LogP contribution in [0.25, 0.3) is 0 Å². The van der Waals surface area contributed by atoms with Gasteiger partial charge >= 0.3 is 0 Å². The molecule has 1 saturated heterocycles. The van der Waals surface area contributed by atoms with Crippen molar-refractivity contribution >= 4 is 0 Å². The van der Waals surface area contributed by atoms with Gasteiger partial charge in [0, 0.05) is 5.92 Å². The van der Waals surface area contributed by atoms with Gasteiger partial charge in [0.25, 0.3) is 0 Å². The summed E-state index contributed by atoms with van der Waals surface area (Å²) in [5, 5.41) is 17.8. The first-order valence-corrected chi connectivity index (χ1v) is 3.71. The Kier molecular flexibility index (Phi) is 2.81. The van der Waals surface area contributed by atoms with Gasteiger partial charge in [-0.3, -0.25) is 0 Å². The number of alkyl halides is 1. The SMILES string of the molecule is C[C@@H]1CO[C@H](CO)[C@@H](O)[C@H]1F. The molecular formula is C7H13FO3. The molecule has 4 heteroatoms. The zero-order valence-corrected chi connectivity index (χ0v) is 6.40. The Bertz CT molecular complexity index is 129. The number of ether oxygens (including phenoxy) is 1. The number of hydrogen-bond donors (Lipinski definition) is 2. The van der Waals surface area contributed by atoms with E-state index in [1.165, 1.54) is 0 Å². The van der Waals surface area contributed by atoms with Gasteiger partial charge < -0.3 is 14.9 Å². The average Bonchev–Trinajstić information content (AvgIpc) is 2.01. The molecule has 0 saturated carbocycles. The van der Waals surface area contributed by atoms with E-state index in [1.54, 1.807) is 6.92 Å². The van der Waals surface area contributed by atoms with Gasteiger partial charge in [-0.1, -0.05) is 6.92 Å². The smallest absolute Gasteiger partial charge is 0.133 e.